The summed E-state index contributed by atoms with van der Waals surface area (Å²) in [7, 11) is 3.73. The van der Waals surface area contributed by atoms with Gasteiger partial charge in [0.1, 0.15) is 11.0 Å². The maximum Gasteiger partial charge on any atom is 0.269 e. The van der Waals surface area contributed by atoms with Crippen LogP contribution >= 0.6 is 0 Å². The summed E-state index contributed by atoms with van der Waals surface area (Å²) in [6.45, 7) is 5.72. The second-order valence-electron chi connectivity index (χ2n) is 5.32. The Labute approximate surface area is 127 Å². The standard InChI is InChI=1S/C15H16N6O/c1-8(2)21-13-10(12(19-21)14(16)22)6-5-9-7-17-15(20(3)4)18-11(9)13/h5-7H,1H2,2-4H3,(H2,16,22). The molecule has 2 heterocycles. The van der Waals surface area contributed by atoms with E-state index >= 15 is 0 Å². The molecule has 22 heavy (non-hydrogen) atoms. The molecule has 112 valence electrons. The zero-order valence-corrected chi connectivity index (χ0v) is 12.7. The largest absolute Gasteiger partial charge is 0.364 e. The molecule has 7 nitrogen and oxygen atoms in total. The maximum atomic E-state index is 11.6. The molecule has 0 saturated carbocycles. The Balaban J connectivity index is 2.50. The number of anilines is 1. The summed E-state index contributed by atoms with van der Waals surface area (Å²) < 4.78 is 1.60. The number of amides is 1. The van der Waals surface area contributed by atoms with Crippen molar-refractivity contribution in [3.63, 3.8) is 0 Å². The van der Waals surface area contributed by atoms with E-state index in [4.69, 9.17) is 5.73 Å². The van der Waals surface area contributed by atoms with Crippen molar-refractivity contribution in [3.8, 4) is 0 Å². The molecule has 0 spiro atoms. The predicted octanol–water partition coefficient (Wildman–Crippen LogP) is 1.64. The van der Waals surface area contributed by atoms with E-state index < -0.39 is 5.91 Å². The van der Waals surface area contributed by atoms with Crippen LogP contribution in [0.5, 0.6) is 0 Å². The van der Waals surface area contributed by atoms with Gasteiger partial charge in [-0.2, -0.15) is 5.10 Å². The highest BCUT2D eigenvalue weighted by molar-refractivity contribution is 6.12. The molecular weight excluding hydrogens is 280 g/mol. The van der Waals surface area contributed by atoms with E-state index in [0.717, 1.165) is 5.39 Å². The molecule has 0 aliphatic carbocycles. The molecule has 2 aromatic heterocycles. The number of allylic oxidation sites excluding steroid dienone is 1. The lowest BCUT2D eigenvalue weighted by atomic mass is 10.1. The van der Waals surface area contributed by atoms with Gasteiger partial charge in [-0.05, 0) is 13.0 Å². The van der Waals surface area contributed by atoms with Gasteiger partial charge < -0.3 is 10.6 Å². The Bertz CT molecular complexity index is 925. The number of benzene rings is 1. The van der Waals surface area contributed by atoms with Crippen molar-refractivity contribution >= 4 is 39.4 Å². The summed E-state index contributed by atoms with van der Waals surface area (Å²) in [6, 6.07) is 3.66. The highest BCUT2D eigenvalue weighted by Gasteiger charge is 2.18. The van der Waals surface area contributed by atoms with Gasteiger partial charge in [0.2, 0.25) is 5.95 Å². The number of carbonyl (C=O) groups is 1. The summed E-state index contributed by atoms with van der Waals surface area (Å²) in [4.78, 5) is 22.3. The third-order valence-electron chi connectivity index (χ3n) is 3.38. The Hall–Kier alpha value is -2.96. The van der Waals surface area contributed by atoms with Crippen LogP contribution in [0, 0.1) is 0 Å². The fourth-order valence-electron chi connectivity index (χ4n) is 2.36. The van der Waals surface area contributed by atoms with Gasteiger partial charge in [0.15, 0.2) is 5.69 Å². The van der Waals surface area contributed by atoms with Crippen LogP contribution in [0.25, 0.3) is 27.5 Å². The van der Waals surface area contributed by atoms with Gasteiger partial charge in [-0.3, -0.25) is 4.79 Å². The zero-order valence-electron chi connectivity index (χ0n) is 12.7. The van der Waals surface area contributed by atoms with Gasteiger partial charge in [0.05, 0.1) is 0 Å². The Kier molecular flexibility index (Phi) is 3.05. The first-order valence-corrected chi connectivity index (χ1v) is 6.71. The van der Waals surface area contributed by atoms with Gasteiger partial charge in [0.25, 0.3) is 5.91 Å². The third-order valence-corrected chi connectivity index (χ3v) is 3.38. The topological polar surface area (TPSA) is 89.9 Å². The molecule has 0 radical (unpaired) electrons. The molecule has 0 aliphatic rings. The summed E-state index contributed by atoms with van der Waals surface area (Å²) >= 11 is 0. The minimum Gasteiger partial charge on any atom is -0.364 e. The number of aromatic nitrogens is 4. The molecular formula is C15H16N6O. The highest BCUT2D eigenvalue weighted by Crippen LogP contribution is 2.28. The lowest BCUT2D eigenvalue weighted by Crippen LogP contribution is -2.12. The number of hydrogen-bond acceptors (Lipinski definition) is 5. The Morgan fingerprint density at radius 3 is 2.68 bits per heavy atom. The lowest BCUT2D eigenvalue weighted by molar-refractivity contribution is 0.0996. The van der Waals surface area contributed by atoms with E-state index in [9.17, 15) is 4.79 Å². The van der Waals surface area contributed by atoms with Crippen LogP contribution < -0.4 is 10.6 Å². The van der Waals surface area contributed by atoms with E-state index in [1.807, 2.05) is 38.1 Å². The number of fused-ring (bicyclic) bond motifs is 3. The van der Waals surface area contributed by atoms with Crippen LogP contribution in [0.3, 0.4) is 0 Å². The molecule has 2 N–H and O–H groups in total. The van der Waals surface area contributed by atoms with Gasteiger partial charge in [0, 0.05) is 36.8 Å². The monoisotopic (exact) mass is 296 g/mol. The quantitative estimate of drug-likeness (QED) is 0.793. The van der Waals surface area contributed by atoms with E-state index in [1.165, 1.54) is 0 Å². The van der Waals surface area contributed by atoms with Crippen LogP contribution in [0.15, 0.2) is 24.9 Å². The third kappa shape index (κ3) is 1.98. The number of hydrogen-bond donors (Lipinski definition) is 1. The first-order chi connectivity index (χ1) is 10.4. The molecule has 0 bridgehead atoms. The average molecular weight is 296 g/mol. The molecule has 3 rings (SSSR count). The fraction of sp³-hybridized carbons (Fsp3) is 0.200. The van der Waals surface area contributed by atoms with Gasteiger partial charge in [-0.1, -0.05) is 12.6 Å². The second-order valence-corrected chi connectivity index (χ2v) is 5.32. The summed E-state index contributed by atoms with van der Waals surface area (Å²) in [5.41, 5.74) is 7.74. The number of rotatable bonds is 3. The fourth-order valence-corrected chi connectivity index (χ4v) is 2.36. The average Bonchev–Trinajstić information content (AvgIpc) is 2.86. The summed E-state index contributed by atoms with van der Waals surface area (Å²) in [5.74, 6) is 0.00123. The number of carbonyl (C=O) groups excluding carboxylic acids is 1. The lowest BCUT2D eigenvalue weighted by Gasteiger charge is -2.11. The second kappa shape index (κ2) is 4.80. The molecule has 7 heteroatoms. The van der Waals surface area contributed by atoms with Gasteiger partial charge >= 0.3 is 0 Å². The first kappa shape index (κ1) is 14.0. The van der Waals surface area contributed by atoms with E-state index in [1.54, 1.807) is 10.9 Å². The molecule has 0 unspecified atom stereocenters. The smallest absolute Gasteiger partial charge is 0.269 e. The van der Waals surface area contributed by atoms with Crippen LogP contribution in [0.2, 0.25) is 0 Å². The van der Waals surface area contributed by atoms with Crippen molar-refractivity contribution in [3.05, 3.63) is 30.6 Å². The van der Waals surface area contributed by atoms with Crippen molar-refractivity contribution in [1.29, 1.82) is 0 Å². The number of primary amides is 1. The van der Waals surface area contributed by atoms with Crippen molar-refractivity contribution < 1.29 is 4.79 Å². The number of nitrogens with zero attached hydrogens (tertiary/aromatic N) is 5. The van der Waals surface area contributed by atoms with Crippen LogP contribution in [-0.4, -0.2) is 39.8 Å². The molecule has 3 aromatic rings. The van der Waals surface area contributed by atoms with Crippen molar-refractivity contribution in [2.24, 2.45) is 5.73 Å². The Morgan fingerprint density at radius 2 is 2.09 bits per heavy atom. The predicted molar refractivity (Wildman–Crippen MR) is 86.7 cm³/mol. The van der Waals surface area contributed by atoms with Gasteiger partial charge in [-0.15, -0.1) is 0 Å². The van der Waals surface area contributed by atoms with Crippen molar-refractivity contribution in [2.45, 2.75) is 6.92 Å². The van der Waals surface area contributed by atoms with Crippen LogP contribution in [-0.2, 0) is 0 Å². The van der Waals surface area contributed by atoms with E-state index in [2.05, 4.69) is 21.6 Å². The minimum atomic E-state index is -0.578. The minimum absolute atomic E-state index is 0.213. The molecule has 0 aliphatic heterocycles. The summed E-state index contributed by atoms with van der Waals surface area (Å²) in [6.07, 6.45) is 1.75. The van der Waals surface area contributed by atoms with E-state index in [0.29, 0.717) is 28.1 Å². The highest BCUT2D eigenvalue weighted by atomic mass is 16.1. The molecule has 1 amide bonds. The molecule has 0 atom stereocenters. The Morgan fingerprint density at radius 1 is 1.36 bits per heavy atom. The SMILES string of the molecule is C=C(C)n1nc(C(N)=O)c2ccc3cnc(N(C)C)nc3c21. The van der Waals surface area contributed by atoms with Crippen molar-refractivity contribution in [2.75, 3.05) is 19.0 Å². The van der Waals surface area contributed by atoms with E-state index in [-0.39, 0.29) is 5.69 Å². The van der Waals surface area contributed by atoms with Crippen LogP contribution in [0.4, 0.5) is 5.95 Å². The van der Waals surface area contributed by atoms with Crippen LogP contribution in [0.1, 0.15) is 17.4 Å². The molecule has 0 fully saturated rings. The van der Waals surface area contributed by atoms with Crippen molar-refractivity contribution in [1.82, 2.24) is 19.7 Å². The zero-order chi connectivity index (χ0) is 16.0. The van der Waals surface area contributed by atoms with Gasteiger partial charge in [-0.25, -0.2) is 14.6 Å². The number of nitrogens with two attached hydrogens (primary N) is 1. The normalized spacial score (nSPS) is 11.0. The summed E-state index contributed by atoms with van der Waals surface area (Å²) in [5, 5.41) is 5.80. The molecule has 1 aromatic carbocycles. The maximum absolute atomic E-state index is 11.6. The first-order valence-electron chi connectivity index (χ1n) is 6.71. The molecule has 0 saturated heterocycles.